The molecule has 0 fully saturated rings. The van der Waals surface area contributed by atoms with Gasteiger partial charge in [-0.3, -0.25) is 0 Å². The summed E-state index contributed by atoms with van der Waals surface area (Å²) < 4.78 is 16.1. The summed E-state index contributed by atoms with van der Waals surface area (Å²) in [5.41, 5.74) is 0. The molecule has 0 radical (unpaired) electrons. The Kier molecular flexibility index (Phi) is 170. The van der Waals surface area contributed by atoms with Gasteiger partial charge in [-0.2, -0.15) is 0 Å². The molecule has 0 spiro atoms. The van der Waals surface area contributed by atoms with Gasteiger partial charge in [0, 0.05) is 0 Å². The zero-order chi connectivity index (χ0) is 4.00. The molecule has 0 N–H and O–H groups in total. The average molecular weight is 166 g/mol. The summed E-state index contributed by atoms with van der Waals surface area (Å²) >= 11 is 3.38. The van der Waals surface area contributed by atoms with E-state index in [9.17, 15) is 0 Å². The third kappa shape index (κ3) is 31.5. The molecule has 5 heavy (non-hydrogen) atoms. The summed E-state index contributed by atoms with van der Waals surface area (Å²) in [5, 5.41) is 0. The predicted octanol–water partition coefficient (Wildman–Crippen LogP) is -0.398. The van der Waals surface area contributed by atoms with E-state index in [1.807, 2.05) is 15.9 Å². The average Bonchev–Trinajstić information content (AvgIpc) is 1.50. The van der Waals surface area contributed by atoms with Crippen LogP contribution in [-0.2, 0) is 39.8 Å². The Hall–Kier alpha value is 1.42. The maximum atomic E-state index is 8.12. The molecule has 0 aliphatic carbocycles. The molecule has 0 unspecified atom stereocenters. The second-order valence-electron chi connectivity index (χ2n) is 0. The minimum absolute atomic E-state index is 0. The van der Waals surface area contributed by atoms with Gasteiger partial charge in [0.05, 0.1) is 0 Å². The van der Waals surface area contributed by atoms with Gasteiger partial charge in [-0.1, -0.05) is 0 Å². The molecule has 0 amide bonds. The Morgan fingerprint density at radius 2 is 1.40 bits per heavy atom. The first-order valence-corrected chi connectivity index (χ1v) is 1.28. The molecule has 5 heteroatoms. The summed E-state index contributed by atoms with van der Waals surface area (Å²) in [4.78, 5) is 0. The molecule has 0 heterocycles. The molecule has 0 atom stereocenters. The molecule has 0 aromatic heterocycles. The van der Waals surface area contributed by atoms with Gasteiger partial charge in [0.1, 0.15) is 0 Å². The monoisotopic (exact) mass is 166 g/mol. The van der Waals surface area contributed by atoms with Crippen molar-refractivity contribution in [1.82, 2.24) is 0 Å². The normalized spacial score (nSPS) is 1.80. The summed E-state index contributed by atoms with van der Waals surface area (Å²) in [5.74, 6) is 0. The van der Waals surface area contributed by atoms with Crippen LogP contribution in [0.5, 0.6) is 0 Å². The number of rotatable bonds is 0. The first kappa shape index (κ1) is 16.1. The van der Waals surface area contributed by atoms with Crippen LogP contribution in [0.3, 0.4) is 0 Å². The minimum atomic E-state index is 0. The standard InChI is InChI=1S/Cr.Fe.Mg.2O.2H/q;;+2;;;2*-1. The summed E-state index contributed by atoms with van der Waals surface area (Å²) in [6.45, 7) is 0. The van der Waals surface area contributed by atoms with Gasteiger partial charge in [-0.15, -0.1) is 0 Å². The van der Waals surface area contributed by atoms with Crippen molar-refractivity contribution in [2.75, 3.05) is 0 Å². The Morgan fingerprint density at radius 3 is 1.40 bits per heavy atom. The molecule has 2 nitrogen and oxygen atoms in total. The van der Waals surface area contributed by atoms with Crippen LogP contribution in [0.1, 0.15) is 2.85 Å². The second kappa shape index (κ2) is 52.6. The fourth-order valence-electron chi connectivity index (χ4n) is 0. The van der Waals surface area contributed by atoms with Crippen LogP contribution in [-0.4, -0.2) is 23.1 Å². The maximum absolute atomic E-state index is 8.12. The molecule has 0 saturated carbocycles. The van der Waals surface area contributed by atoms with Crippen molar-refractivity contribution in [3.63, 3.8) is 0 Å². The molecular formula is H2CrFeMgO2. The topological polar surface area (TPSA) is 34.1 Å². The van der Waals surface area contributed by atoms with E-state index in [0.29, 0.717) is 0 Å². The molecule has 0 rings (SSSR count). The number of hydrogen-bond donors (Lipinski definition) is 0. The molecule has 0 bridgehead atoms. The Bertz CT molecular complexity index is 17.7. The van der Waals surface area contributed by atoms with Crippen LogP contribution in [0.25, 0.3) is 0 Å². The number of hydrogen-bond acceptors (Lipinski definition) is 2. The van der Waals surface area contributed by atoms with Crippen molar-refractivity contribution in [3.8, 4) is 0 Å². The second-order valence-corrected chi connectivity index (χ2v) is 0. The summed E-state index contributed by atoms with van der Waals surface area (Å²) in [6.07, 6.45) is 0. The zero-order valence-corrected chi connectivity index (χ0v) is 6.08. The SMILES string of the molecule is [H-].[H-].[Mg+2].[O]=[Cr].[O]=[Fe]. The van der Waals surface area contributed by atoms with Gasteiger partial charge in [0.15, 0.2) is 0 Å². The van der Waals surface area contributed by atoms with Gasteiger partial charge in [0.25, 0.3) is 0 Å². The van der Waals surface area contributed by atoms with Gasteiger partial charge in [-0.25, -0.2) is 0 Å². The predicted molar refractivity (Wildman–Crippen MR) is 9.35 cm³/mol. The van der Waals surface area contributed by atoms with Crippen molar-refractivity contribution < 1.29 is 42.7 Å². The van der Waals surface area contributed by atoms with E-state index in [1.54, 1.807) is 0 Å². The molecular weight excluding hydrogens is 164 g/mol. The van der Waals surface area contributed by atoms with E-state index in [4.69, 9.17) is 7.64 Å². The van der Waals surface area contributed by atoms with Crippen LogP contribution < -0.4 is 0 Å². The van der Waals surface area contributed by atoms with Crippen LogP contribution in [0.2, 0.25) is 0 Å². The molecule has 0 aliphatic heterocycles. The summed E-state index contributed by atoms with van der Waals surface area (Å²) in [6, 6.07) is 0. The quantitative estimate of drug-likeness (QED) is 0.459. The van der Waals surface area contributed by atoms with Crippen molar-refractivity contribution in [2.24, 2.45) is 0 Å². The van der Waals surface area contributed by atoms with E-state index in [2.05, 4.69) is 0 Å². The van der Waals surface area contributed by atoms with Crippen LogP contribution >= 0.6 is 0 Å². The molecule has 0 aliphatic rings. The third-order valence-electron chi connectivity index (χ3n) is 0. The van der Waals surface area contributed by atoms with Crippen molar-refractivity contribution in [1.29, 1.82) is 0 Å². The fourth-order valence-corrected chi connectivity index (χ4v) is 0. The van der Waals surface area contributed by atoms with E-state index >= 15 is 0 Å². The fraction of sp³-hybridized carbons (Fsp3) is 0. The zero-order valence-electron chi connectivity index (χ0n) is 4.29. The molecule has 0 aromatic rings. The molecule has 0 aromatic carbocycles. The first-order chi connectivity index (χ1) is 2.00. The molecule has 0 saturated heterocycles. The third-order valence-corrected chi connectivity index (χ3v) is 0. The Balaban J connectivity index is -0.00000000267. The van der Waals surface area contributed by atoms with Crippen molar-refractivity contribution in [2.45, 2.75) is 0 Å². The van der Waals surface area contributed by atoms with E-state index < -0.39 is 0 Å². The molecule has 30 valence electrons. The first-order valence-electron chi connectivity index (χ1n) is 0.311. The van der Waals surface area contributed by atoms with Crippen LogP contribution in [0, 0.1) is 0 Å². The van der Waals surface area contributed by atoms with Crippen molar-refractivity contribution >= 4 is 23.1 Å². The van der Waals surface area contributed by atoms with Gasteiger partial charge >= 0.3 is 62.9 Å². The Morgan fingerprint density at radius 1 is 1.40 bits per heavy atom. The van der Waals surface area contributed by atoms with E-state index in [-0.39, 0.29) is 25.9 Å². The van der Waals surface area contributed by atoms with E-state index in [0.717, 1.165) is 0 Å². The van der Waals surface area contributed by atoms with Gasteiger partial charge in [-0.05, 0) is 0 Å². The van der Waals surface area contributed by atoms with Crippen molar-refractivity contribution in [3.05, 3.63) is 0 Å². The Labute approximate surface area is 65.5 Å². The summed E-state index contributed by atoms with van der Waals surface area (Å²) in [7, 11) is 0. The van der Waals surface area contributed by atoms with Gasteiger partial charge < -0.3 is 2.85 Å². The van der Waals surface area contributed by atoms with E-state index in [1.165, 1.54) is 16.2 Å². The van der Waals surface area contributed by atoms with Gasteiger partial charge in [0.2, 0.25) is 0 Å². The van der Waals surface area contributed by atoms with Crippen LogP contribution in [0.15, 0.2) is 0 Å². The van der Waals surface area contributed by atoms with Crippen LogP contribution in [0.4, 0.5) is 0 Å².